The molecule has 2 aliphatic rings. The average Bonchev–Trinajstić information content (AvgIpc) is 2.54. The second-order valence-corrected chi connectivity index (χ2v) is 7.71. The van der Waals surface area contributed by atoms with Crippen molar-refractivity contribution in [1.29, 1.82) is 0 Å². The molecule has 1 N–H and O–H groups in total. The highest BCUT2D eigenvalue weighted by atomic mass is 17.3. The third-order valence-corrected chi connectivity index (χ3v) is 5.65. The number of rotatable bonds is 4. The normalized spacial score (nSPS) is 20.6. The molecule has 0 radical (unpaired) electrons. The minimum Gasteiger partial charge on any atom is -0.447 e. The van der Waals surface area contributed by atoms with Crippen molar-refractivity contribution in [3.05, 3.63) is 0 Å². The fourth-order valence-electron chi connectivity index (χ4n) is 4.88. The topological polar surface area (TPSA) is 82.1 Å². The Morgan fingerprint density at radius 1 is 0.875 bits per heavy atom. The van der Waals surface area contributed by atoms with E-state index in [9.17, 15) is 9.59 Å². The Morgan fingerprint density at radius 2 is 1.33 bits per heavy atom. The zero-order chi connectivity index (χ0) is 17.6. The van der Waals surface area contributed by atoms with Gasteiger partial charge in [-0.25, -0.2) is 9.68 Å². The van der Waals surface area contributed by atoms with Crippen molar-refractivity contribution in [1.82, 2.24) is 0 Å². The van der Waals surface area contributed by atoms with Gasteiger partial charge in [0.2, 0.25) is 0 Å². The molecule has 0 spiro atoms. The maximum atomic E-state index is 11.8. The van der Waals surface area contributed by atoms with E-state index in [1.165, 1.54) is 64.2 Å². The van der Waals surface area contributed by atoms with Crippen molar-refractivity contribution < 1.29 is 29.2 Å². The van der Waals surface area contributed by atoms with Crippen LogP contribution in [0.1, 0.15) is 78.1 Å². The van der Waals surface area contributed by atoms with Crippen LogP contribution in [0.25, 0.3) is 0 Å². The van der Waals surface area contributed by atoms with Crippen LogP contribution in [0.3, 0.4) is 0 Å². The first-order valence-electron chi connectivity index (χ1n) is 9.20. The Bertz CT molecular complexity index is 403. The van der Waals surface area contributed by atoms with E-state index >= 15 is 0 Å². The third kappa shape index (κ3) is 5.28. The van der Waals surface area contributed by atoms with E-state index < -0.39 is 17.9 Å². The molecule has 0 aliphatic heterocycles. The van der Waals surface area contributed by atoms with Crippen LogP contribution >= 0.6 is 0 Å². The van der Waals surface area contributed by atoms with E-state index in [0.29, 0.717) is 11.8 Å². The average molecular weight is 342 g/mol. The molecule has 0 amide bonds. The summed E-state index contributed by atoms with van der Waals surface area (Å²) in [6.07, 6.45) is 9.44. The van der Waals surface area contributed by atoms with Crippen molar-refractivity contribution >= 4 is 12.3 Å². The Kier molecular flexibility index (Phi) is 6.75. The summed E-state index contributed by atoms with van der Waals surface area (Å²) in [5, 5.41) is 8.42. The predicted octanol–water partition coefficient (Wildman–Crippen LogP) is 5.30. The highest BCUT2D eigenvalue weighted by Crippen LogP contribution is 2.46. The van der Waals surface area contributed by atoms with Gasteiger partial charge >= 0.3 is 12.3 Å². The molecule has 138 valence electrons. The van der Waals surface area contributed by atoms with E-state index in [2.05, 4.69) is 9.78 Å². The Morgan fingerprint density at radius 3 is 1.75 bits per heavy atom. The van der Waals surface area contributed by atoms with Crippen LogP contribution < -0.4 is 0 Å². The molecule has 0 saturated heterocycles. The number of carbonyl (C=O) groups excluding carboxylic acids is 1. The van der Waals surface area contributed by atoms with Gasteiger partial charge in [-0.2, -0.15) is 9.68 Å². The highest BCUT2D eigenvalue weighted by Gasteiger charge is 2.44. The monoisotopic (exact) mass is 342 g/mol. The lowest BCUT2D eigenvalue weighted by molar-refractivity contribution is -0.228. The number of carbonyl (C=O) groups is 2. The van der Waals surface area contributed by atoms with Crippen molar-refractivity contribution in [3.8, 4) is 0 Å². The fraction of sp³-hybridized carbons (Fsp3) is 0.889. The molecule has 0 bridgehead atoms. The molecule has 6 heteroatoms. The van der Waals surface area contributed by atoms with Crippen LogP contribution in [0, 0.1) is 17.8 Å². The summed E-state index contributed by atoms with van der Waals surface area (Å²) in [6, 6.07) is 0. The van der Waals surface area contributed by atoms with Crippen LogP contribution in [0.15, 0.2) is 0 Å². The van der Waals surface area contributed by atoms with Gasteiger partial charge in [0.25, 0.3) is 0 Å². The quantitative estimate of drug-likeness (QED) is 0.424. The van der Waals surface area contributed by atoms with Crippen LogP contribution in [-0.2, 0) is 14.5 Å². The maximum Gasteiger partial charge on any atom is 0.550 e. The van der Waals surface area contributed by atoms with E-state index in [1.807, 2.05) is 13.8 Å². The lowest BCUT2D eigenvalue weighted by atomic mass is 9.64. The highest BCUT2D eigenvalue weighted by molar-refractivity contribution is 5.62. The molecular formula is C18H30O6. The first kappa shape index (κ1) is 18.9. The molecule has 0 unspecified atom stereocenters. The summed E-state index contributed by atoms with van der Waals surface area (Å²) in [6.45, 7) is 3.84. The maximum absolute atomic E-state index is 11.8. The Labute approximate surface area is 143 Å². The second kappa shape index (κ2) is 8.58. The lowest BCUT2D eigenvalue weighted by Crippen LogP contribution is -2.46. The van der Waals surface area contributed by atoms with E-state index in [0.717, 1.165) is 0 Å². The standard InChI is InChI=1S/C18H30O6/c1-18(2,22-17(21)24-23-16(19)20)15(13-9-5-3-6-10-13)14-11-7-4-8-12-14/h13-15H,3-12H2,1-2H3,(H,19,20). The molecule has 0 aromatic carbocycles. The van der Waals surface area contributed by atoms with Crippen LogP contribution in [-0.4, -0.2) is 23.0 Å². The zero-order valence-electron chi connectivity index (χ0n) is 14.8. The van der Waals surface area contributed by atoms with Crippen molar-refractivity contribution in [2.24, 2.45) is 17.8 Å². The summed E-state index contributed by atoms with van der Waals surface area (Å²) in [4.78, 5) is 30.2. The third-order valence-electron chi connectivity index (χ3n) is 5.65. The molecule has 2 rings (SSSR count). The number of hydrogen-bond donors (Lipinski definition) is 1. The number of ether oxygens (including phenoxy) is 1. The van der Waals surface area contributed by atoms with Gasteiger partial charge < -0.3 is 9.84 Å². The van der Waals surface area contributed by atoms with Crippen LogP contribution in [0.5, 0.6) is 0 Å². The largest absolute Gasteiger partial charge is 0.550 e. The van der Waals surface area contributed by atoms with Gasteiger partial charge in [-0.15, -0.1) is 0 Å². The molecular weight excluding hydrogens is 312 g/mol. The van der Waals surface area contributed by atoms with Crippen molar-refractivity contribution in [2.45, 2.75) is 83.7 Å². The predicted molar refractivity (Wildman–Crippen MR) is 87.4 cm³/mol. The second-order valence-electron chi connectivity index (χ2n) is 7.71. The summed E-state index contributed by atoms with van der Waals surface area (Å²) >= 11 is 0. The minimum absolute atomic E-state index is 0.274. The van der Waals surface area contributed by atoms with E-state index in [4.69, 9.17) is 9.84 Å². The van der Waals surface area contributed by atoms with Gasteiger partial charge in [-0.05, 0) is 25.7 Å². The molecule has 2 fully saturated rings. The first-order chi connectivity index (χ1) is 11.4. The van der Waals surface area contributed by atoms with Crippen LogP contribution in [0.4, 0.5) is 9.59 Å². The Balaban J connectivity index is 2.07. The summed E-state index contributed by atoms with van der Waals surface area (Å²) in [5.74, 6) is 1.37. The molecule has 0 aromatic rings. The van der Waals surface area contributed by atoms with Gasteiger partial charge in [-0.1, -0.05) is 64.2 Å². The summed E-state index contributed by atoms with van der Waals surface area (Å²) in [5.41, 5.74) is -0.705. The minimum atomic E-state index is -1.67. The lowest BCUT2D eigenvalue weighted by Gasteiger charge is -2.45. The SMILES string of the molecule is CC(C)(OC(=O)OOC(=O)O)C(C1CCCCC1)C1CCCCC1. The van der Waals surface area contributed by atoms with Crippen LogP contribution in [0.2, 0.25) is 0 Å². The smallest absolute Gasteiger partial charge is 0.447 e. The van der Waals surface area contributed by atoms with E-state index in [1.54, 1.807) is 0 Å². The molecule has 0 heterocycles. The zero-order valence-corrected chi connectivity index (χ0v) is 14.8. The van der Waals surface area contributed by atoms with Gasteiger partial charge in [-0.3, -0.25) is 0 Å². The summed E-state index contributed by atoms with van der Waals surface area (Å²) in [7, 11) is 0. The molecule has 0 aromatic heterocycles. The van der Waals surface area contributed by atoms with Gasteiger partial charge in [0.05, 0.1) is 0 Å². The molecule has 0 atom stereocenters. The summed E-state index contributed by atoms with van der Waals surface area (Å²) < 4.78 is 5.51. The van der Waals surface area contributed by atoms with Gasteiger partial charge in [0, 0.05) is 5.92 Å². The molecule has 2 saturated carbocycles. The Hall–Kier alpha value is -1.46. The molecule has 6 nitrogen and oxygen atoms in total. The van der Waals surface area contributed by atoms with Crippen molar-refractivity contribution in [3.63, 3.8) is 0 Å². The molecule has 2 aliphatic carbocycles. The van der Waals surface area contributed by atoms with Crippen molar-refractivity contribution in [2.75, 3.05) is 0 Å². The fourth-order valence-corrected chi connectivity index (χ4v) is 4.88. The van der Waals surface area contributed by atoms with E-state index in [-0.39, 0.29) is 5.92 Å². The first-order valence-corrected chi connectivity index (χ1v) is 9.20. The number of carboxylic acid groups (broad SMARTS) is 1. The van der Waals surface area contributed by atoms with Gasteiger partial charge in [0.15, 0.2) is 0 Å². The number of hydrogen-bond acceptors (Lipinski definition) is 5. The molecule has 24 heavy (non-hydrogen) atoms. The van der Waals surface area contributed by atoms with Gasteiger partial charge in [0.1, 0.15) is 5.60 Å².